The molecule has 130 valence electrons. The lowest BCUT2D eigenvalue weighted by atomic mass is 10.2. The van der Waals surface area contributed by atoms with Crippen LogP contribution < -0.4 is 10.2 Å². The van der Waals surface area contributed by atoms with Crippen molar-refractivity contribution in [1.29, 1.82) is 0 Å². The van der Waals surface area contributed by atoms with Gasteiger partial charge in [0.25, 0.3) is 0 Å². The molecule has 0 aliphatic rings. The van der Waals surface area contributed by atoms with Crippen LogP contribution >= 0.6 is 11.3 Å². The zero-order chi connectivity index (χ0) is 17.8. The molecule has 0 aliphatic carbocycles. The predicted molar refractivity (Wildman–Crippen MR) is 98.3 cm³/mol. The van der Waals surface area contributed by atoms with Crippen LogP contribution in [0.4, 0.5) is 10.2 Å². The molecular weight excluding hydrogens is 339 g/mol. The summed E-state index contributed by atoms with van der Waals surface area (Å²) >= 11 is 1.61. The molecule has 1 amide bonds. The Kier molecular flexibility index (Phi) is 5.23. The summed E-state index contributed by atoms with van der Waals surface area (Å²) in [5.41, 5.74) is 0.857. The average Bonchev–Trinajstić information content (AvgIpc) is 2.99. The van der Waals surface area contributed by atoms with Crippen molar-refractivity contribution in [2.45, 2.75) is 20.4 Å². The lowest BCUT2D eigenvalue weighted by Crippen LogP contribution is -2.37. The SMILES string of the molecule is CCN(CC(=O)NCc1ccc(F)cc1)c1ncnc2sc(C)cc12. The first kappa shape index (κ1) is 17.3. The number of carbonyl (C=O) groups excluding carboxylic acids is 1. The molecule has 0 saturated carbocycles. The third kappa shape index (κ3) is 4.11. The highest BCUT2D eigenvalue weighted by Gasteiger charge is 2.15. The number of nitrogens with one attached hydrogen (secondary N) is 1. The van der Waals surface area contributed by atoms with E-state index in [1.54, 1.807) is 23.5 Å². The Morgan fingerprint density at radius 1 is 1.28 bits per heavy atom. The summed E-state index contributed by atoms with van der Waals surface area (Å²) in [4.78, 5) is 25.0. The van der Waals surface area contributed by atoms with E-state index >= 15 is 0 Å². The molecular formula is C18H19FN4OS. The first-order valence-corrected chi connectivity index (χ1v) is 8.85. The first-order valence-electron chi connectivity index (χ1n) is 8.04. The van der Waals surface area contributed by atoms with Crippen LogP contribution in [0, 0.1) is 12.7 Å². The average molecular weight is 358 g/mol. The van der Waals surface area contributed by atoms with Crippen molar-refractivity contribution in [2.24, 2.45) is 0 Å². The van der Waals surface area contributed by atoms with E-state index in [0.29, 0.717) is 13.1 Å². The Labute approximate surface area is 149 Å². The van der Waals surface area contributed by atoms with Crippen molar-refractivity contribution in [1.82, 2.24) is 15.3 Å². The molecule has 0 unspecified atom stereocenters. The van der Waals surface area contributed by atoms with E-state index in [4.69, 9.17) is 0 Å². The number of amides is 1. The van der Waals surface area contributed by atoms with Crippen LogP contribution in [0.5, 0.6) is 0 Å². The number of halogens is 1. The van der Waals surface area contributed by atoms with Crippen molar-refractivity contribution in [3.63, 3.8) is 0 Å². The minimum absolute atomic E-state index is 0.107. The minimum atomic E-state index is -0.286. The molecule has 7 heteroatoms. The van der Waals surface area contributed by atoms with Gasteiger partial charge in [-0.25, -0.2) is 14.4 Å². The molecule has 1 N–H and O–H groups in total. The van der Waals surface area contributed by atoms with E-state index in [1.807, 2.05) is 18.7 Å². The van der Waals surface area contributed by atoms with Gasteiger partial charge in [0, 0.05) is 18.0 Å². The second kappa shape index (κ2) is 7.57. The van der Waals surface area contributed by atoms with Gasteiger partial charge < -0.3 is 10.2 Å². The second-order valence-corrected chi connectivity index (χ2v) is 6.93. The molecule has 0 atom stereocenters. The summed E-state index contributed by atoms with van der Waals surface area (Å²) in [7, 11) is 0. The fraction of sp³-hybridized carbons (Fsp3) is 0.278. The molecule has 2 heterocycles. The van der Waals surface area contributed by atoms with Crippen LogP contribution in [0.15, 0.2) is 36.7 Å². The molecule has 3 aromatic rings. The van der Waals surface area contributed by atoms with Gasteiger partial charge in [0.15, 0.2) is 0 Å². The van der Waals surface area contributed by atoms with Gasteiger partial charge in [-0.15, -0.1) is 11.3 Å². The van der Waals surface area contributed by atoms with Crippen LogP contribution in [-0.2, 0) is 11.3 Å². The number of likely N-dealkylation sites (N-methyl/N-ethyl adjacent to an activating group) is 1. The normalized spacial score (nSPS) is 10.8. The predicted octanol–water partition coefficient (Wildman–Crippen LogP) is 3.28. The third-order valence-electron chi connectivity index (χ3n) is 3.85. The largest absolute Gasteiger partial charge is 0.350 e. The van der Waals surface area contributed by atoms with Gasteiger partial charge in [-0.1, -0.05) is 12.1 Å². The maximum Gasteiger partial charge on any atom is 0.239 e. The molecule has 0 aliphatic heterocycles. The van der Waals surface area contributed by atoms with Gasteiger partial charge in [0.2, 0.25) is 5.91 Å². The molecule has 1 aromatic carbocycles. The Bertz CT molecular complexity index is 878. The van der Waals surface area contributed by atoms with E-state index in [9.17, 15) is 9.18 Å². The van der Waals surface area contributed by atoms with E-state index in [0.717, 1.165) is 26.5 Å². The number of anilines is 1. The number of hydrogen-bond donors (Lipinski definition) is 1. The number of fused-ring (bicyclic) bond motifs is 1. The molecule has 2 aromatic heterocycles. The summed E-state index contributed by atoms with van der Waals surface area (Å²) in [5, 5.41) is 3.83. The highest BCUT2D eigenvalue weighted by atomic mass is 32.1. The maximum absolute atomic E-state index is 12.9. The van der Waals surface area contributed by atoms with Crippen LogP contribution in [0.2, 0.25) is 0 Å². The number of nitrogens with zero attached hydrogens (tertiary/aromatic N) is 3. The van der Waals surface area contributed by atoms with Crippen LogP contribution in [0.1, 0.15) is 17.4 Å². The van der Waals surface area contributed by atoms with Gasteiger partial charge in [0.1, 0.15) is 22.8 Å². The first-order chi connectivity index (χ1) is 12.1. The second-order valence-electron chi connectivity index (χ2n) is 5.69. The molecule has 0 bridgehead atoms. The lowest BCUT2D eigenvalue weighted by molar-refractivity contribution is -0.119. The molecule has 25 heavy (non-hydrogen) atoms. The summed E-state index contributed by atoms with van der Waals surface area (Å²) in [6.45, 7) is 5.25. The van der Waals surface area contributed by atoms with Gasteiger partial charge >= 0.3 is 0 Å². The quantitative estimate of drug-likeness (QED) is 0.735. The van der Waals surface area contributed by atoms with Crippen LogP contribution in [-0.4, -0.2) is 29.0 Å². The number of carbonyl (C=O) groups is 1. The fourth-order valence-corrected chi connectivity index (χ4v) is 3.43. The maximum atomic E-state index is 12.9. The Morgan fingerprint density at radius 3 is 2.76 bits per heavy atom. The monoisotopic (exact) mass is 358 g/mol. The lowest BCUT2D eigenvalue weighted by Gasteiger charge is -2.21. The smallest absolute Gasteiger partial charge is 0.239 e. The summed E-state index contributed by atoms with van der Waals surface area (Å²) < 4.78 is 12.9. The summed E-state index contributed by atoms with van der Waals surface area (Å²) in [6.07, 6.45) is 1.53. The zero-order valence-corrected chi connectivity index (χ0v) is 14.9. The van der Waals surface area contributed by atoms with Gasteiger partial charge in [-0.05, 0) is 37.6 Å². The minimum Gasteiger partial charge on any atom is -0.350 e. The van der Waals surface area contributed by atoms with Crippen molar-refractivity contribution in [3.05, 3.63) is 52.9 Å². The molecule has 3 rings (SSSR count). The molecule has 0 saturated heterocycles. The van der Waals surface area contributed by atoms with Crippen molar-refractivity contribution < 1.29 is 9.18 Å². The van der Waals surface area contributed by atoms with Gasteiger partial charge in [0.05, 0.1) is 11.9 Å². The standard InChI is InChI=1S/C18H19FN4OS/c1-3-23(17-15-8-12(2)25-18(15)22-11-21-17)10-16(24)20-9-13-4-6-14(19)7-5-13/h4-8,11H,3,9-10H2,1-2H3,(H,20,24). The van der Waals surface area contributed by atoms with Crippen molar-refractivity contribution in [3.8, 4) is 0 Å². The topological polar surface area (TPSA) is 58.1 Å². The van der Waals surface area contributed by atoms with Gasteiger partial charge in [-0.3, -0.25) is 4.79 Å². The van der Waals surface area contributed by atoms with Crippen molar-refractivity contribution >= 4 is 33.3 Å². The number of aromatic nitrogens is 2. The number of aryl methyl sites for hydroxylation is 1. The van der Waals surface area contributed by atoms with E-state index < -0.39 is 0 Å². The van der Waals surface area contributed by atoms with E-state index in [-0.39, 0.29) is 18.3 Å². The van der Waals surface area contributed by atoms with E-state index in [1.165, 1.54) is 18.5 Å². The molecule has 5 nitrogen and oxygen atoms in total. The van der Waals surface area contributed by atoms with Crippen molar-refractivity contribution in [2.75, 3.05) is 18.0 Å². The number of rotatable bonds is 6. The third-order valence-corrected chi connectivity index (χ3v) is 4.81. The van der Waals surface area contributed by atoms with Crippen LogP contribution in [0.3, 0.4) is 0 Å². The molecule has 0 fully saturated rings. The number of benzene rings is 1. The number of thiophene rings is 1. The molecule has 0 radical (unpaired) electrons. The summed E-state index contributed by atoms with van der Waals surface area (Å²) in [6, 6.07) is 8.14. The summed E-state index contributed by atoms with van der Waals surface area (Å²) in [5.74, 6) is 0.379. The highest BCUT2D eigenvalue weighted by molar-refractivity contribution is 7.18. The zero-order valence-electron chi connectivity index (χ0n) is 14.1. The fourth-order valence-electron chi connectivity index (χ4n) is 2.58. The Hall–Kier alpha value is -2.54. The number of hydrogen-bond acceptors (Lipinski definition) is 5. The van der Waals surface area contributed by atoms with Crippen LogP contribution in [0.25, 0.3) is 10.2 Å². The Morgan fingerprint density at radius 2 is 2.04 bits per heavy atom. The highest BCUT2D eigenvalue weighted by Crippen LogP contribution is 2.29. The molecule has 0 spiro atoms. The Balaban J connectivity index is 1.68. The van der Waals surface area contributed by atoms with Gasteiger partial charge in [-0.2, -0.15) is 0 Å². The van der Waals surface area contributed by atoms with E-state index in [2.05, 4.69) is 21.4 Å².